The molecular weight excluding hydrogens is 128 g/mol. The summed E-state index contributed by atoms with van der Waals surface area (Å²) in [6.45, 7) is 3.84. The molecule has 0 spiro atoms. The van der Waals surface area contributed by atoms with Crippen molar-refractivity contribution in [1.29, 1.82) is 0 Å². The highest BCUT2D eigenvalue weighted by molar-refractivity contribution is 6.76. The number of hydrogen-bond acceptors (Lipinski definition) is 1. The van der Waals surface area contributed by atoms with Gasteiger partial charge in [0.15, 0.2) is 8.32 Å². The third kappa shape index (κ3) is 1.80. The van der Waals surface area contributed by atoms with Crippen molar-refractivity contribution in [3.05, 3.63) is 31.2 Å². The molecule has 1 fully saturated rings. The van der Waals surface area contributed by atoms with Crippen molar-refractivity contribution >= 4 is 8.32 Å². The fraction of sp³-hybridized carbons (Fsp3) is 0.286. The highest BCUT2D eigenvalue weighted by Gasteiger charge is 2.33. The van der Waals surface area contributed by atoms with Gasteiger partial charge < -0.3 is 4.80 Å². The molecule has 49 valence electrons. The molecule has 2 heteroatoms. The Balaban J connectivity index is 2.42. The minimum absolute atomic E-state index is 1.11. The molecule has 0 aliphatic heterocycles. The monoisotopic (exact) mass is 139 g/mol. The van der Waals surface area contributed by atoms with Crippen LogP contribution < -0.4 is 0 Å². The molecule has 0 saturated heterocycles. The van der Waals surface area contributed by atoms with E-state index in [1.165, 1.54) is 0 Å². The van der Waals surface area contributed by atoms with Gasteiger partial charge in [0, 0.05) is 5.54 Å². The molecule has 1 aliphatic carbocycles. The quantitative estimate of drug-likeness (QED) is 0.540. The summed E-state index contributed by atoms with van der Waals surface area (Å²) in [5, 5.41) is 0. The van der Waals surface area contributed by atoms with E-state index in [-0.39, 0.29) is 0 Å². The predicted molar refractivity (Wildman–Crippen MR) is 40.1 cm³/mol. The molecule has 0 aromatic heterocycles. The zero-order valence-corrected chi connectivity index (χ0v) is 6.76. The average Bonchev–Trinajstić information content (AvgIpc) is 2.08. The average molecular weight is 139 g/mol. The summed E-state index contributed by atoms with van der Waals surface area (Å²) >= 11 is 0. The second-order valence-electron chi connectivity index (χ2n) is 2.73. The Labute approximate surface area is 58.2 Å². The lowest BCUT2D eigenvalue weighted by atomic mass is 10.4. The molecule has 5 radical (unpaired) electrons. The minimum Gasteiger partial charge on any atom is -0.432 e. The van der Waals surface area contributed by atoms with E-state index in [1.807, 2.05) is 38.8 Å². The van der Waals surface area contributed by atoms with Crippen LogP contribution in [-0.4, -0.2) is 13.1 Å². The fourth-order valence-electron chi connectivity index (χ4n) is 0.782. The summed E-state index contributed by atoms with van der Waals surface area (Å²) in [5.74, 6) is 0. The predicted octanol–water partition coefficient (Wildman–Crippen LogP) is 1.13. The van der Waals surface area contributed by atoms with Crippen LogP contribution in [0.15, 0.2) is 0 Å². The van der Waals surface area contributed by atoms with E-state index < -0.39 is 8.32 Å². The van der Waals surface area contributed by atoms with Gasteiger partial charge >= 0.3 is 0 Å². The second-order valence-corrected chi connectivity index (χ2v) is 6.43. The van der Waals surface area contributed by atoms with Crippen molar-refractivity contribution in [3.63, 3.8) is 0 Å². The van der Waals surface area contributed by atoms with E-state index in [2.05, 4.69) is 0 Å². The summed E-state index contributed by atoms with van der Waals surface area (Å²) in [5.41, 5.74) is 1.11. The molecule has 9 heavy (non-hydrogen) atoms. The third-order valence-corrected chi connectivity index (χ3v) is 3.12. The van der Waals surface area contributed by atoms with Crippen LogP contribution >= 0.6 is 0 Å². The van der Waals surface area contributed by atoms with Gasteiger partial charge in [-0.3, -0.25) is 0 Å². The fourth-order valence-corrected chi connectivity index (χ4v) is 1.79. The van der Waals surface area contributed by atoms with E-state index >= 15 is 0 Å². The Morgan fingerprint density at radius 3 is 1.89 bits per heavy atom. The summed E-state index contributed by atoms with van der Waals surface area (Å²) in [6.07, 6.45) is 7.87. The van der Waals surface area contributed by atoms with E-state index in [0.717, 1.165) is 5.54 Å². The molecule has 0 bridgehead atoms. The standard InChI is InChI=1S/C7H11OSi/c1-9(2,8)7-5-3-4-6-7/h3-6,8H,1-2H3. The molecule has 0 atom stereocenters. The normalized spacial score (nSPS) is 23.0. The van der Waals surface area contributed by atoms with Crippen LogP contribution in [0.3, 0.4) is 0 Å². The van der Waals surface area contributed by atoms with Crippen LogP contribution in [0.25, 0.3) is 0 Å². The molecule has 0 amide bonds. The summed E-state index contributed by atoms with van der Waals surface area (Å²) in [4.78, 5) is 9.52. The highest BCUT2D eigenvalue weighted by Crippen LogP contribution is 2.29. The van der Waals surface area contributed by atoms with E-state index in [1.54, 1.807) is 0 Å². The third-order valence-electron chi connectivity index (χ3n) is 1.37. The van der Waals surface area contributed by atoms with Gasteiger partial charge in [-0.1, -0.05) is 0 Å². The lowest BCUT2D eigenvalue weighted by Gasteiger charge is -2.20. The van der Waals surface area contributed by atoms with Crippen molar-refractivity contribution in [2.45, 2.75) is 13.1 Å². The number of rotatable bonds is 1. The van der Waals surface area contributed by atoms with Gasteiger partial charge in [0.1, 0.15) is 0 Å². The topological polar surface area (TPSA) is 20.2 Å². The Bertz CT molecular complexity index is 89.6. The lowest BCUT2D eigenvalue weighted by Crippen LogP contribution is -2.33. The molecule has 1 rings (SSSR count). The lowest BCUT2D eigenvalue weighted by molar-refractivity contribution is 0.556. The Hall–Kier alpha value is 0.177. The van der Waals surface area contributed by atoms with E-state index in [0.29, 0.717) is 0 Å². The van der Waals surface area contributed by atoms with Crippen LogP contribution in [0.2, 0.25) is 13.1 Å². The first-order valence-electron chi connectivity index (χ1n) is 3.05. The van der Waals surface area contributed by atoms with Crippen LogP contribution in [0.4, 0.5) is 0 Å². The van der Waals surface area contributed by atoms with Gasteiger partial charge in [-0.25, -0.2) is 0 Å². The maximum atomic E-state index is 9.52. The van der Waals surface area contributed by atoms with Crippen LogP contribution in [0.5, 0.6) is 0 Å². The minimum atomic E-state index is -1.98. The molecule has 0 heterocycles. The van der Waals surface area contributed by atoms with Crippen molar-refractivity contribution in [3.8, 4) is 0 Å². The second kappa shape index (κ2) is 2.43. The van der Waals surface area contributed by atoms with Crippen molar-refractivity contribution in [1.82, 2.24) is 0 Å². The molecule has 1 nitrogen and oxygen atoms in total. The molecule has 0 aromatic carbocycles. The van der Waals surface area contributed by atoms with Gasteiger partial charge in [-0.2, -0.15) is 0 Å². The molecule has 0 aromatic rings. The maximum Gasteiger partial charge on any atom is 0.189 e. The van der Waals surface area contributed by atoms with Gasteiger partial charge in [-0.15, -0.1) is 0 Å². The first-order chi connectivity index (χ1) is 4.11. The zero-order valence-electron chi connectivity index (χ0n) is 5.76. The Morgan fingerprint density at radius 1 is 1.22 bits per heavy atom. The molecular formula is C7H11OSi. The zero-order chi connectivity index (χ0) is 6.91. The van der Waals surface area contributed by atoms with Gasteiger partial charge in [0.05, 0.1) is 0 Å². The van der Waals surface area contributed by atoms with Crippen molar-refractivity contribution < 1.29 is 4.80 Å². The molecule has 0 unspecified atom stereocenters. The molecule has 1 aliphatic rings. The van der Waals surface area contributed by atoms with Crippen molar-refractivity contribution in [2.24, 2.45) is 0 Å². The van der Waals surface area contributed by atoms with E-state index in [9.17, 15) is 4.80 Å². The van der Waals surface area contributed by atoms with Crippen molar-refractivity contribution in [2.75, 3.05) is 0 Å². The SMILES string of the molecule is C[Si](C)(O)[C]1[CH][CH][CH][CH]1. The van der Waals surface area contributed by atoms with Crippen LogP contribution in [-0.2, 0) is 0 Å². The Morgan fingerprint density at radius 2 is 1.67 bits per heavy atom. The summed E-state index contributed by atoms with van der Waals surface area (Å²) in [7, 11) is -1.98. The molecule has 1 N–H and O–H groups in total. The highest BCUT2D eigenvalue weighted by atomic mass is 28.4. The maximum absolute atomic E-state index is 9.52. The first-order valence-corrected chi connectivity index (χ1v) is 6.00. The summed E-state index contributed by atoms with van der Waals surface area (Å²) in [6, 6.07) is 0. The first kappa shape index (κ1) is 7.29. The smallest absolute Gasteiger partial charge is 0.189 e. The number of hydrogen-bond donors (Lipinski definition) is 1. The summed E-state index contributed by atoms with van der Waals surface area (Å²) < 4.78 is 0. The van der Waals surface area contributed by atoms with Gasteiger partial charge in [0.25, 0.3) is 0 Å². The van der Waals surface area contributed by atoms with Crippen LogP contribution in [0, 0.1) is 31.2 Å². The Kier molecular flexibility index (Phi) is 1.96. The molecule has 1 saturated carbocycles. The van der Waals surface area contributed by atoms with Gasteiger partial charge in [0.2, 0.25) is 0 Å². The van der Waals surface area contributed by atoms with Crippen LogP contribution in [0.1, 0.15) is 0 Å². The van der Waals surface area contributed by atoms with Gasteiger partial charge in [-0.05, 0) is 38.8 Å². The largest absolute Gasteiger partial charge is 0.432 e. The van der Waals surface area contributed by atoms with E-state index in [4.69, 9.17) is 0 Å².